The van der Waals surface area contributed by atoms with E-state index in [2.05, 4.69) is 72.8 Å². The van der Waals surface area contributed by atoms with Crippen LogP contribution in [0.5, 0.6) is 0 Å². The topological polar surface area (TPSA) is 237 Å². The molecule has 0 aromatic heterocycles. The molecule has 0 aromatic carbocycles. The average Bonchev–Trinajstić information content (AvgIpc) is 3.29. The van der Waals surface area contributed by atoms with E-state index in [1.807, 2.05) is 0 Å². The van der Waals surface area contributed by atoms with Crippen LogP contribution < -0.4 is 0 Å². The number of allylic oxidation sites excluding steroid dienone is 4. The molecule has 0 fully saturated rings. The molecule has 0 aliphatic carbocycles. The van der Waals surface area contributed by atoms with Crippen molar-refractivity contribution in [1.29, 1.82) is 0 Å². The minimum Gasteiger partial charge on any atom is -0.462 e. The molecule has 0 saturated heterocycles. The standard InChI is InChI=1S/C72H136O17P2/c1-8-10-11-12-13-14-15-16-17-18-19-25-32-39-46-53-69(74)82-59-67(88-71(76)55-48-41-33-26-21-20-24-31-38-45-52-65(7)9-2)61-86-90(78,79)84-57-66(73)58-85-91(80,81)87-62-68(60-83-70(75)54-47-40-35-28-30-37-44-51-64(5)6)89-72(77)56-49-42-34-27-22-23-29-36-43-50-63(3)4/h14-17,63-68,73H,8-13,18-62H2,1-7H3,(H,78,79)(H,80,81)/b15-14-,17-16-/t65?,66?,67-,68-/m1/s1. The summed E-state index contributed by atoms with van der Waals surface area (Å²) in [6, 6.07) is 0. The Morgan fingerprint density at radius 3 is 0.978 bits per heavy atom. The Morgan fingerprint density at radius 2 is 0.648 bits per heavy atom. The van der Waals surface area contributed by atoms with Crippen molar-refractivity contribution in [3.05, 3.63) is 24.3 Å². The van der Waals surface area contributed by atoms with Crippen molar-refractivity contribution < 1.29 is 80.2 Å². The van der Waals surface area contributed by atoms with Gasteiger partial charge in [-0.2, -0.15) is 0 Å². The van der Waals surface area contributed by atoms with Gasteiger partial charge in [0.1, 0.15) is 19.3 Å². The van der Waals surface area contributed by atoms with Crippen LogP contribution in [-0.4, -0.2) is 96.7 Å². The van der Waals surface area contributed by atoms with Crippen molar-refractivity contribution in [2.75, 3.05) is 39.6 Å². The first kappa shape index (κ1) is 88.5. The van der Waals surface area contributed by atoms with Gasteiger partial charge >= 0.3 is 39.5 Å². The van der Waals surface area contributed by atoms with E-state index >= 15 is 0 Å². The third-order valence-electron chi connectivity index (χ3n) is 16.4. The molecule has 0 saturated carbocycles. The Kier molecular flexibility index (Phi) is 60.7. The van der Waals surface area contributed by atoms with E-state index in [1.165, 1.54) is 122 Å². The van der Waals surface area contributed by atoms with E-state index in [0.717, 1.165) is 127 Å². The van der Waals surface area contributed by atoms with Crippen molar-refractivity contribution in [1.82, 2.24) is 0 Å². The number of aliphatic hydroxyl groups is 1. The van der Waals surface area contributed by atoms with Crippen LogP contribution in [0.15, 0.2) is 24.3 Å². The quantitative estimate of drug-likeness (QED) is 0.0169. The fourth-order valence-corrected chi connectivity index (χ4v) is 11.9. The van der Waals surface area contributed by atoms with E-state index in [0.29, 0.717) is 31.6 Å². The number of phosphoric ester groups is 2. The van der Waals surface area contributed by atoms with E-state index < -0.39 is 97.5 Å². The summed E-state index contributed by atoms with van der Waals surface area (Å²) < 4.78 is 68.3. The van der Waals surface area contributed by atoms with Gasteiger partial charge in [0, 0.05) is 25.7 Å². The lowest BCUT2D eigenvalue weighted by atomic mass is 9.99. The van der Waals surface area contributed by atoms with Gasteiger partial charge in [-0.15, -0.1) is 0 Å². The predicted molar refractivity (Wildman–Crippen MR) is 367 cm³/mol. The molecule has 19 heteroatoms. The summed E-state index contributed by atoms with van der Waals surface area (Å²) in [5, 5.41) is 10.6. The summed E-state index contributed by atoms with van der Waals surface area (Å²) in [5.74, 6) is 0.0828. The van der Waals surface area contributed by atoms with Gasteiger partial charge in [0.2, 0.25) is 0 Å². The minimum atomic E-state index is -4.96. The van der Waals surface area contributed by atoms with Crippen LogP contribution in [0, 0.1) is 17.8 Å². The van der Waals surface area contributed by atoms with Crippen LogP contribution in [0.1, 0.15) is 337 Å². The fraction of sp³-hybridized carbons (Fsp3) is 0.889. The Bertz CT molecular complexity index is 1880. The molecule has 0 radical (unpaired) electrons. The van der Waals surface area contributed by atoms with Crippen LogP contribution >= 0.6 is 15.6 Å². The van der Waals surface area contributed by atoms with Gasteiger partial charge in [-0.05, 0) is 69.1 Å². The highest BCUT2D eigenvalue weighted by atomic mass is 31.2. The molecule has 536 valence electrons. The number of ether oxygens (including phenoxy) is 4. The Hall–Kier alpha value is -2.46. The van der Waals surface area contributed by atoms with Gasteiger partial charge in [0.15, 0.2) is 12.2 Å². The van der Waals surface area contributed by atoms with Gasteiger partial charge in [0.05, 0.1) is 26.4 Å². The summed E-state index contributed by atoms with van der Waals surface area (Å²) in [4.78, 5) is 72.6. The lowest BCUT2D eigenvalue weighted by Crippen LogP contribution is -2.30. The predicted octanol–water partition coefficient (Wildman–Crippen LogP) is 20.2. The van der Waals surface area contributed by atoms with Gasteiger partial charge in [-0.25, -0.2) is 9.13 Å². The lowest BCUT2D eigenvalue weighted by Gasteiger charge is -2.21. The number of hydrogen-bond acceptors (Lipinski definition) is 15. The van der Waals surface area contributed by atoms with Crippen LogP contribution in [-0.2, 0) is 65.4 Å². The summed E-state index contributed by atoms with van der Waals surface area (Å²) >= 11 is 0. The second kappa shape index (κ2) is 62.4. The molecule has 4 unspecified atom stereocenters. The highest BCUT2D eigenvalue weighted by Crippen LogP contribution is 2.45. The first-order valence-corrected chi connectivity index (χ1v) is 39.7. The molecule has 0 heterocycles. The van der Waals surface area contributed by atoms with E-state index in [9.17, 15) is 43.2 Å². The maximum atomic E-state index is 13.0. The first-order valence-electron chi connectivity index (χ1n) is 36.7. The molecule has 91 heavy (non-hydrogen) atoms. The second-order valence-electron chi connectivity index (χ2n) is 26.5. The Morgan fingerprint density at radius 1 is 0.363 bits per heavy atom. The Labute approximate surface area is 554 Å². The molecular weight excluding hydrogens is 1200 g/mol. The monoisotopic (exact) mass is 1330 g/mol. The van der Waals surface area contributed by atoms with E-state index in [-0.39, 0.29) is 25.7 Å². The summed E-state index contributed by atoms with van der Waals surface area (Å²) in [7, 11) is -9.92. The zero-order valence-corrected chi connectivity index (χ0v) is 60.6. The number of hydrogen-bond donors (Lipinski definition) is 3. The number of unbranched alkanes of at least 4 members (excludes halogenated alkanes) is 32. The van der Waals surface area contributed by atoms with Crippen molar-refractivity contribution in [3.8, 4) is 0 Å². The third-order valence-corrected chi connectivity index (χ3v) is 18.3. The molecule has 0 rings (SSSR count). The number of carbonyl (C=O) groups excluding carboxylic acids is 4. The molecule has 3 N–H and O–H groups in total. The molecule has 0 aliphatic rings. The van der Waals surface area contributed by atoms with Crippen LogP contribution in [0.4, 0.5) is 0 Å². The molecule has 0 bridgehead atoms. The number of aliphatic hydroxyl groups excluding tert-OH is 1. The summed E-state index contributed by atoms with van der Waals surface area (Å²) in [5.41, 5.74) is 0. The van der Waals surface area contributed by atoms with E-state index in [1.54, 1.807) is 0 Å². The molecule has 0 aromatic rings. The van der Waals surface area contributed by atoms with E-state index in [4.69, 9.17) is 37.0 Å². The van der Waals surface area contributed by atoms with Crippen molar-refractivity contribution in [2.45, 2.75) is 356 Å². The molecule has 0 spiro atoms. The second-order valence-corrected chi connectivity index (χ2v) is 29.4. The smallest absolute Gasteiger partial charge is 0.462 e. The van der Waals surface area contributed by atoms with Gasteiger partial charge in [-0.1, -0.05) is 285 Å². The molecule has 0 aliphatic heterocycles. The number of carbonyl (C=O) groups is 4. The maximum Gasteiger partial charge on any atom is 0.472 e. The minimum absolute atomic E-state index is 0.0988. The number of esters is 4. The fourth-order valence-electron chi connectivity index (χ4n) is 10.3. The third kappa shape index (κ3) is 64.6. The average molecular weight is 1340 g/mol. The molecular formula is C72H136O17P2. The number of rotatable bonds is 68. The Balaban J connectivity index is 5.30. The van der Waals surface area contributed by atoms with Crippen LogP contribution in [0.2, 0.25) is 0 Å². The lowest BCUT2D eigenvalue weighted by molar-refractivity contribution is -0.161. The SMILES string of the molecule is CCCCCC/C=C\C=C/CCCCCCCC(=O)OC[C@H](COP(=O)(O)OCC(O)COP(=O)(O)OC[C@@H](COC(=O)CCCCCCCCCC(C)C)OC(=O)CCCCCCCCCCCC(C)C)OC(=O)CCCCCCCCCCCCC(C)CC. The van der Waals surface area contributed by atoms with Gasteiger partial charge < -0.3 is 33.8 Å². The maximum absolute atomic E-state index is 13.0. The highest BCUT2D eigenvalue weighted by Gasteiger charge is 2.30. The number of phosphoric acid groups is 2. The van der Waals surface area contributed by atoms with Gasteiger partial charge in [0.25, 0.3) is 0 Å². The molecule has 6 atom stereocenters. The van der Waals surface area contributed by atoms with Crippen LogP contribution in [0.3, 0.4) is 0 Å². The normalized spacial score (nSPS) is 14.6. The highest BCUT2D eigenvalue weighted by molar-refractivity contribution is 7.47. The largest absolute Gasteiger partial charge is 0.472 e. The summed E-state index contributed by atoms with van der Waals surface area (Å²) in [6.07, 6.45) is 49.4. The molecule has 17 nitrogen and oxygen atoms in total. The first-order chi connectivity index (χ1) is 43.8. The van der Waals surface area contributed by atoms with Crippen molar-refractivity contribution >= 4 is 39.5 Å². The zero-order valence-electron chi connectivity index (χ0n) is 58.8. The van der Waals surface area contributed by atoms with Gasteiger partial charge in [-0.3, -0.25) is 37.3 Å². The zero-order chi connectivity index (χ0) is 67.3. The molecule has 0 amide bonds. The van der Waals surface area contributed by atoms with Crippen molar-refractivity contribution in [3.63, 3.8) is 0 Å². The summed E-state index contributed by atoms with van der Waals surface area (Å²) in [6.45, 7) is 11.7. The van der Waals surface area contributed by atoms with Crippen molar-refractivity contribution in [2.24, 2.45) is 17.8 Å². The van der Waals surface area contributed by atoms with Crippen LogP contribution in [0.25, 0.3) is 0 Å².